The van der Waals surface area contributed by atoms with Gasteiger partial charge in [0.25, 0.3) is 0 Å². The van der Waals surface area contributed by atoms with Gasteiger partial charge in [0.2, 0.25) is 0 Å². The minimum absolute atomic E-state index is 0.588. The van der Waals surface area contributed by atoms with E-state index >= 15 is 0 Å². The Morgan fingerprint density at radius 3 is 1.88 bits per heavy atom. The predicted molar refractivity (Wildman–Crippen MR) is 73.9 cm³/mol. The average molecular weight is 226 g/mol. The molecule has 16 heavy (non-hydrogen) atoms. The predicted octanol–water partition coefficient (Wildman–Crippen LogP) is 4.86. The van der Waals surface area contributed by atoms with Crippen LogP contribution < -0.4 is 0 Å². The molecule has 0 N–H and O–H groups in total. The lowest BCUT2D eigenvalue weighted by Crippen LogP contribution is -2.06. The van der Waals surface area contributed by atoms with Crippen LogP contribution in [0.2, 0.25) is 0 Å². The van der Waals surface area contributed by atoms with E-state index in [1.165, 1.54) is 18.4 Å². The largest absolute Gasteiger partial charge is 0.269 e. The van der Waals surface area contributed by atoms with E-state index in [1.807, 2.05) is 33.9 Å². The summed E-state index contributed by atoms with van der Waals surface area (Å²) in [5.74, 6) is 0. The normalized spacial score (nSPS) is 9.00. The molecule has 0 spiro atoms. The Hall–Kier alpha value is -0.790. The fraction of sp³-hybridized carbons (Fsp3) is 0.786. The molecule has 0 aliphatic carbocycles. The second-order valence-electron chi connectivity index (χ2n) is 3.15. The summed E-state index contributed by atoms with van der Waals surface area (Å²) < 4.78 is 2.10. The molecule has 0 amide bonds. The minimum atomic E-state index is 0.588. The zero-order chi connectivity index (χ0) is 13.0. The van der Waals surface area contributed by atoms with E-state index in [1.54, 1.807) is 0 Å². The van der Waals surface area contributed by atoms with Crippen molar-refractivity contribution >= 4 is 0 Å². The molecule has 0 aliphatic rings. The number of aromatic nitrogens is 2. The SMILES string of the molecule is CC.CC.CCc1cnn(C(CC)CC)c1. The lowest BCUT2D eigenvalue weighted by atomic mass is 10.2. The number of nitrogens with zero attached hydrogens (tertiary/aromatic N) is 2. The molecule has 96 valence electrons. The Kier molecular flexibility index (Phi) is 13.5. The van der Waals surface area contributed by atoms with Crippen molar-refractivity contribution in [3.63, 3.8) is 0 Å². The van der Waals surface area contributed by atoms with Gasteiger partial charge in [0.1, 0.15) is 0 Å². The topological polar surface area (TPSA) is 17.8 Å². The summed E-state index contributed by atoms with van der Waals surface area (Å²) in [6.45, 7) is 14.6. The van der Waals surface area contributed by atoms with Crippen molar-refractivity contribution in [1.29, 1.82) is 0 Å². The van der Waals surface area contributed by atoms with Gasteiger partial charge in [-0.05, 0) is 24.8 Å². The van der Waals surface area contributed by atoms with E-state index in [2.05, 4.69) is 36.7 Å². The maximum Gasteiger partial charge on any atom is 0.0521 e. The first-order chi connectivity index (χ1) is 7.81. The number of rotatable bonds is 4. The molecule has 0 fully saturated rings. The molecule has 1 aromatic heterocycles. The third kappa shape index (κ3) is 5.94. The van der Waals surface area contributed by atoms with Gasteiger partial charge < -0.3 is 0 Å². The molecule has 0 aliphatic heterocycles. The molecule has 0 bridgehead atoms. The van der Waals surface area contributed by atoms with Gasteiger partial charge in [-0.25, -0.2) is 0 Å². The zero-order valence-electron chi connectivity index (χ0n) is 12.2. The summed E-state index contributed by atoms with van der Waals surface area (Å²) in [4.78, 5) is 0. The van der Waals surface area contributed by atoms with Crippen molar-refractivity contribution in [2.24, 2.45) is 0 Å². The quantitative estimate of drug-likeness (QED) is 0.717. The van der Waals surface area contributed by atoms with Crippen molar-refractivity contribution in [3.05, 3.63) is 18.0 Å². The maximum absolute atomic E-state index is 4.35. The minimum Gasteiger partial charge on any atom is -0.269 e. The van der Waals surface area contributed by atoms with Crippen molar-refractivity contribution in [1.82, 2.24) is 9.78 Å². The number of aryl methyl sites for hydroxylation is 1. The van der Waals surface area contributed by atoms with Gasteiger partial charge in [0.15, 0.2) is 0 Å². The van der Waals surface area contributed by atoms with Crippen LogP contribution in [0.1, 0.15) is 72.9 Å². The van der Waals surface area contributed by atoms with Crippen LogP contribution in [-0.4, -0.2) is 9.78 Å². The molecule has 0 saturated heterocycles. The van der Waals surface area contributed by atoms with Crippen LogP contribution >= 0.6 is 0 Å². The van der Waals surface area contributed by atoms with Crippen molar-refractivity contribution in [2.45, 2.75) is 73.8 Å². The third-order valence-corrected chi connectivity index (χ3v) is 2.38. The monoisotopic (exact) mass is 226 g/mol. The lowest BCUT2D eigenvalue weighted by Gasteiger charge is -2.11. The van der Waals surface area contributed by atoms with Crippen LogP contribution in [-0.2, 0) is 6.42 Å². The Morgan fingerprint density at radius 1 is 1.06 bits per heavy atom. The van der Waals surface area contributed by atoms with Crippen molar-refractivity contribution < 1.29 is 0 Å². The molecule has 0 radical (unpaired) electrons. The highest BCUT2D eigenvalue weighted by molar-refractivity contribution is 5.03. The maximum atomic E-state index is 4.35. The number of hydrogen-bond acceptors (Lipinski definition) is 1. The molecule has 0 aromatic carbocycles. The van der Waals surface area contributed by atoms with Gasteiger partial charge in [-0.2, -0.15) is 5.10 Å². The van der Waals surface area contributed by atoms with E-state index in [-0.39, 0.29) is 0 Å². The first kappa shape index (κ1) is 17.6. The highest BCUT2D eigenvalue weighted by Crippen LogP contribution is 2.14. The van der Waals surface area contributed by atoms with Gasteiger partial charge >= 0.3 is 0 Å². The van der Waals surface area contributed by atoms with E-state index in [9.17, 15) is 0 Å². The Balaban J connectivity index is 0. The summed E-state index contributed by atoms with van der Waals surface area (Å²) in [6, 6.07) is 0.588. The van der Waals surface area contributed by atoms with Crippen LogP contribution in [0.4, 0.5) is 0 Å². The van der Waals surface area contributed by atoms with Crippen LogP contribution in [0.5, 0.6) is 0 Å². The fourth-order valence-corrected chi connectivity index (χ4v) is 1.42. The van der Waals surface area contributed by atoms with Crippen molar-refractivity contribution in [3.8, 4) is 0 Å². The highest BCUT2D eigenvalue weighted by Gasteiger charge is 2.06. The first-order valence-electron chi connectivity index (χ1n) is 6.84. The lowest BCUT2D eigenvalue weighted by molar-refractivity contribution is 0.428. The van der Waals surface area contributed by atoms with E-state index in [4.69, 9.17) is 0 Å². The molecule has 2 heteroatoms. The third-order valence-electron chi connectivity index (χ3n) is 2.38. The fourth-order valence-electron chi connectivity index (χ4n) is 1.42. The number of hydrogen-bond donors (Lipinski definition) is 0. The second kappa shape index (κ2) is 12.3. The van der Waals surface area contributed by atoms with Crippen LogP contribution in [0.15, 0.2) is 12.4 Å². The Morgan fingerprint density at radius 2 is 1.56 bits per heavy atom. The van der Waals surface area contributed by atoms with Crippen LogP contribution in [0.3, 0.4) is 0 Å². The Bertz CT molecular complexity index is 224. The van der Waals surface area contributed by atoms with E-state index in [0.717, 1.165) is 6.42 Å². The smallest absolute Gasteiger partial charge is 0.0521 e. The highest BCUT2D eigenvalue weighted by atomic mass is 15.3. The van der Waals surface area contributed by atoms with Gasteiger partial charge in [-0.3, -0.25) is 4.68 Å². The summed E-state index contributed by atoms with van der Waals surface area (Å²) in [7, 11) is 0. The van der Waals surface area contributed by atoms with Gasteiger partial charge in [0.05, 0.1) is 12.2 Å². The second-order valence-corrected chi connectivity index (χ2v) is 3.15. The van der Waals surface area contributed by atoms with E-state index < -0.39 is 0 Å². The standard InChI is InChI=1S/C10H18N2.2C2H6/c1-4-9-7-11-12(8-9)10(5-2)6-3;2*1-2/h7-8,10H,4-6H2,1-3H3;2*1-2H3. The zero-order valence-corrected chi connectivity index (χ0v) is 12.2. The summed E-state index contributed by atoms with van der Waals surface area (Å²) in [5.41, 5.74) is 1.34. The molecule has 0 atom stereocenters. The molecule has 1 rings (SSSR count). The average Bonchev–Trinajstić information content (AvgIpc) is 2.84. The first-order valence-corrected chi connectivity index (χ1v) is 6.84. The summed E-state index contributed by atoms with van der Waals surface area (Å²) >= 11 is 0. The molecular formula is C14H30N2. The summed E-state index contributed by atoms with van der Waals surface area (Å²) in [6.07, 6.45) is 7.55. The van der Waals surface area contributed by atoms with E-state index in [0.29, 0.717) is 6.04 Å². The summed E-state index contributed by atoms with van der Waals surface area (Å²) in [5, 5.41) is 4.35. The van der Waals surface area contributed by atoms with Gasteiger partial charge in [0, 0.05) is 6.20 Å². The molecule has 0 saturated carbocycles. The van der Waals surface area contributed by atoms with Crippen LogP contribution in [0.25, 0.3) is 0 Å². The molecule has 0 unspecified atom stereocenters. The van der Waals surface area contributed by atoms with Crippen LogP contribution in [0, 0.1) is 0 Å². The van der Waals surface area contributed by atoms with Gasteiger partial charge in [-0.1, -0.05) is 48.5 Å². The molecule has 1 heterocycles. The molecule has 2 nitrogen and oxygen atoms in total. The molecular weight excluding hydrogens is 196 g/mol. The molecule has 1 aromatic rings. The van der Waals surface area contributed by atoms with Crippen molar-refractivity contribution in [2.75, 3.05) is 0 Å². The van der Waals surface area contributed by atoms with Gasteiger partial charge in [-0.15, -0.1) is 0 Å². The Labute approximate surface area is 102 Å².